The standard InChI is InChI=1S/C26H28N4O5/c31-24(29-13-11-28(12-14-29)10-4-7-19-5-2-1-3-6-19)16-21-25(32)30(26(33)27-21)17-20-8-9-22-23(15-20)35-18-34-22/h1-9,15,21H,10-14,16-18H2,(H,27,33)/b7-4+/t21-/m0/s1. The zero-order chi connectivity index (χ0) is 24.2. The molecule has 0 unspecified atom stereocenters. The molecule has 4 amide bonds. The molecule has 2 saturated heterocycles. The number of benzene rings is 2. The monoisotopic (exact) mass is 476 g/mol. The van der Waals surface area contributed by atoms with E-state index in [-0.39, 0.29) is 31.6 Å². The number of urea groups is 1. The number of nitrogens with one attached hydrogen (secondary N) is 1. The molecule has 0 spiro atoms. The first-order valence-electron chi connectivity index (χ1n) is 11.8. The van der Waals surface area contributed by atoms with Gasteiger partial charge in [0.1, 0.15) is 6.04 Å². The number of carbonyl (C=O) groups is 3. The highest BCUT2D eigenvalue weighted by Crippen LogP contribution is 2.33. The van der Waals surface area contributed by atoms with Crippen LogP contribution in [0.1, 0.15) is 17.5 Å². The van der Waals surface area contributed by atoms with E-state index < -0.39 is 12.1 Å². The summed E-state index contributed by atoms with van der Waals surface area (Å²) >= 11 is 0. The van der Waals surface area contributed by atoms with Crippen LogP contribution in [0.3, 0.4) is 0 Å². The lowest BCUT2D eigenvalue weighted by Gasteiger charge is -2.34. The van der Waals surface area contributed by atoms with Gasteiger partial charge < -0.3 is 19.7 Å². The highest BCUT2D eigenvalue weighted by Gasteiger charge is 2.40. The maximum Gasteiger partial charge on any atom is 0.325 e. The molecular weight excluding hydrogens is 448 g/mol. The van der Waals surface area contributed by atoms with E-state index in [0.29, 0.717) is 24.6 Å². The molecule has 0 bridgehead atoms. The molecule has 0 aromatic heterocycles. The quantitative estimate of drug-likeness (QED) is 0.616. The van der Waals surface area contributed by atoms with Crippen LogP contribution in [-0.2, 0) is 16.1 Å². The molecule has 1 N–H and O–H groups in total. The number of hydrogen-bond donors (Lipinski definition) is 1. The van der Waals surface area contributed by atoms with E-state index in [2.05, 4.69) is 34.5 Å². The summed E-state index contributed by atoms with van der Waals surface area (Å²) < 4.78 is 10.7. The minimum atomic E-state index is -0.837. The molecule has 3 heterocycles. The molecule has 2 aromatic rings. The van der Waals surface area contributed by atoms with Crippen LogP contribution in [0.25, 0.3) is 6.08 Å². The van der Waals surface area contributed by atoms with Crippen molar-refractivity contribution >= 4 is 23.9 Å². The first-order chi connectivity index (χ1) is 17.1. The first-order valence-corrected chi connectivity index (χ1v) is 11.8. The van der Waals surface area contributed by atoms with Gasteiger partial charge in [0.2, 0.25) is 12.7 Å². The van der Waals surface area contributed by atoms with Crippen molar-refractivity contribution in [3.8, 4) is 11.5 Å². The number of fused-ring (bicyclic) bond motifs is 1. The van der Waals surface area contributed by atoms with Gasteiger partial charge in [-0.1, -0.05) is 48.6 Å². The fourth-order valence-corrected chi connectivity index (χ4v) is 4.47. The van der Waals surface area contributed by atoms with Gasteiger partial charge in [-0.2, -0.15) is 0 Å². The second-order valence-corrected chi connectivity index (χ2v) is 8.81. The lowest BCUT2D eigenvalue weighted by atomic mass is 10.1. The van der Waals surface area contributed by atoms with Crippen LogP contribution in [0.15, 0.2) is 54.6 Å². The average molecular weight is 477 g/mol. The van der Waals surface area contributed by atoms with Crippen molar-refractivity contribution < 1.29 is 23.9 Å². The van der Waals surface area contributed by atoms with E-state index in [1.165, 1.54) is 0 Å². The number of rotatable bonds is 7. The zero-order valence-corrected chi connectivity index (χ0v) is 19.4. The maximum absolute atomic E-state index is 12.9. The number of piperazine rings is 1. The van der Waals surface area contributed by atoms with Crippen molar-refractivity contribution in [2.24, 2.45) is 0 Å². The third-order valence-corrected chi connectivity index (χ3v) is 6.46. The highest BCUT2D eigenvalue weighted by molar-refractivity contribution is 6.05. The molecule has 5 rings (SSSR count). The molecule has 3 aliphatic heterocycles. The van der Waals surface area contributed by atoms with Crippen molar-refractivity contribution in [3.63, 3.8) is 0 Å². The number of hydrogen-bond acceptors (Lipinski definition) is 6. The van der Waals surface area contributed by atoms with E-state index >= 15 is 0 Å². The first kappa shape index (κ1) is 22.9. The van der Waals surface area contributed by atoms with E-state index in [0.717, 1.165) is 35.7 Å². The van der Waals surface area contributed by atoms with Crippen LogP contribution in [0.4, 0.5) is 4.79 Å². The fourth-order valence-electron chi connectivity index (χ4n) is 4.47. The fraction of sp³-hybridized carbons (Fsp3) is 0.346. The molecule has 9 heteroatoms. The summed E-state index contributed by atoms with van der Waals surface area (Å²) in [6, 6.07) is 14.1. The van der Waals surface area contributed by atoms with E-state index in [1.807, 2.05) is 18.2 Å². The Morgan fingerprint density at radius 1 is 1.00 bits per heavy atom. The highest BCUT2D eigenvalue weighted by atomic mass is 16.7. The summed E-state index contributed by atoms with van der Waals surface area (Å²) in [5, 5.41) is 2.66. The molecule has 3 aliphatic rings. The summed E-state index contributed by atoms with van der Waals surface area (Å²) in [6.07, 6.45) is 4.20. The molecule has 2 aromatic carbocycles. The van der Waals surface area contributed by atoms with Gasteiger partial charge in [0, 0.05) is 32.7 Å². The zero-order valence-electron chi connectivity index (χ0n) is 19.4. The number of amides is 4. The molecule has 9 nitrogen and oxygen atoms in total. The Bertz CT molecular complexity index is 1130. The smallest absolute Gasteiger partial charge is 0.325 e. The maximum atomic E-state index is 12.9. The molecule has 0 radical (unpaired) electrons. The summed E-state index contributed by atoms with van der Waals surface area (Å²) in [5.74, 6) is 0.733. The number of ether oxygens (including phenoxy) is 2. The van der Waals surface area contributed by atoms with Crippen LogP contribution in [0.2, 0.25) is 0 Å². The Balaban J connectivity index is 1.09. The average Bonchev–Trinajstić information content (AvgIpc) is 3.45. The lowest BCUT2D eigenvalue weighted by Crippen LogP contribution is -2.50. The van der Waals surface area contributed by atoms with Crippen molar-refractivity contribution in [2.75, 3.05) is 39.5 Å². The molecule has 182 valence electrons. The van der Waals surface area contributed by atoms with Gasteiger partial charge in [0.25, 0.3) is 5.91 Å². The molecule has 0 saturated carbocycles. The van der Waals surface area contributed by atoms with Crippen LogP contribution in [-0.4, -0.2) is 78.1 Å². The Labute approximate surface area is 203 Å². The third-order valence-electron chi connectivity index (χ3n) is 6.46. The van der Waals surface area contributed by atoms with Crippen molar-refractivity contribution in [3.05, 3.63) is 65.7 Å². The molecule has 0 aliphatic carbocycles. The molecule has 2 fully saturated rings. The second kappa shape index (κ2) is 10.2. The van der Waals surface area contributed by atoms with Crippen LogP contribution < -0.4 is 14.8 Å². The van der Waals surface area contributed by atoms with Crippen LogP contribution >= 0.6 is 0 Å². The Hall–Kier alpha value is -3.85. The number of imide groups is 1. The van der Waals surface area contributed by atoms with Gasteiger partial charge in [0.15, 0.2) is 11.5 Å². The minimum absolute atomic E-state index is 0.0316. The van der Waals surface area contributed by atoms with E-state index in [4.69, 9.17) is 9.47 Å². The minimum Gasteiger partial charge on any atom is -0.454 e. The van der Waals surface area contributed by atoms with Crippen molar-refractivity contribution in [1.82, 2.24) is 20.0 Å². The Morgan fingerprint density at radius 3 is 2.57 bits per heavy atom. The van der Waals surface area contributed by atoms with Gasteiger partial charge in [-0.05, 0) is 23.3 Å². The summed E-state index contributed by atoms with van der Waals surface area (Å²) in [4.78, 5) is 43.4. The van der Waals surface area contributed by atoms with Crippen molar-refractivity contribution in [1.29, 1.82) is 0 Å². The Kier molecular flexibility index (Phi) is 6.67. The molecular formula is C26H28N4O5. The van der Waals surface area contributed by atoms with E-state index in [1.54, 1.807) is 23.1 Å². The van der Waals surface area contributed by atoms with Crippen molar-refractivity contribution in [2.45, 2.75) is 19.0 Å². The second-order valence-electron chi connectivity index (χ2n) is 8.81. The number of carbonyl (C=O) groups excluding carboxylic acids is 3. The largest absolute Gasteiger partial charge is 0.454 e. The Morgan fingerprint density at radius 2 is 1.77 bits per heavy atom. The topological polar surface area (TPSA) is 91.4 Å². The molecule has 35 heavy (non-hydrogen) atoms. The predicted molar refractivity (Wildman–Crippen MR) is 129 cm³/mol. The summed E-state index contributed by atoms with van der Waals surface area (Å²) in [5.41, 5.74) is 1.92. The predicted octanol–water partition coefficient (Wildman–Crippen LogP) is 2.08. The van der Waals surface area contributed by atoms with Gasteiger partial charge in [-0.15, -0.1) is 0 Å². The summed E-state index contributed by atoms with van der Waals surface area (Å²) in [6.45, 7) is 3.84. The number of nitrogens with zero attached hydrogens (tertiary/aromatic N) is 3. The van der Waals surface area contributed by atoms with Gasteiger partial charge in [-0.25, -0.2) is 4.79 Å². The van der Waals surface area contributed by atoms with Crippen LogP contribution in [0.5, 0.6) is 11.5 Å². The van der Waals surface area contributed by atoms with Gasteiger partial charge >= 0.3 is 6.03 Å². The SMILES string of the molecule is O=C(C[C@@H]1NC(=O)N(Cc2ccc3c(c2)OCO3)C1=O)N1CCN(C/C=C/c2ccccc2)CC1. The summed E-state index contributed by atoms with van der Waals surface area (Å²) in [7, 11) is 0. The molecule has 1 atom stereocenters. The van der Waals surface area contributed by atoms with Gasteiger partial charge in [-0.3, -0.25) is 19.4 Å². The van der Waals surface area contributed by atoms with E-state index in [9.17, 15) is 14.4 Å². The lowest BCUT2D eigenvalue weighted by molar-refractivity contribution is -0.137. The van der Waals surface area contributed by atoms with Gasteiger partial charge in [0.05, 0.1) is 13.0 Å². The normalized spacial score (nSPS) is 20.1. The third kappa shape index (κ3) is 5.30. The van der Waals surface area contributed by atoms with Crippen LogP contribution in [0, 0.1) is 0 Å².